The minimum absolute atomic E-state index is 0.161. The monoisotopic (exact) mass is 331 g/mol. The summed E-state index contributed by atoms with van der Waals surface area (Å²) in [6, 6.07) is 3.77. The summed E-state index contributed by atoms with van der Waals surface area (Å²) in [5.74, 6) is 0.637. The van der Waals surface area contributed by atoms with Crippen LogP contribution in [0.3, 0.4) is 0 Å². The van der Waals surface area contributed by atoms with E-state index in [1.54, 1.807) is 0 Å². The number of methoxy groups -OCH3 is 1. The van der Waals surface area contributed by atoms with Crippen molar-refractivity contribution in [3.63, 3.8) is 0 Å². The van der Waals surface area contributed by atoms with Gasteiger partial charge in [0.15, 0.2) is 18.1 Å². The van der Waals surface area contributed by atoms with E-state index >= 15 is 0 Å². The van der Waals surface area contributed by atoms with Gasteiger partial charge in [0, 0.05) is 0 Å². The fourth-order valence-electron chi connectivity index (χ4n) is 1.53. The number of rotatable bonds is 7. The van der Waals surface area contributed by atoms with Crippen LogP contribution >= 0.6 is 15.9 Å². The van der Waals surface area contributed by atoms with Crippen LogP contribution in [-0.2, 0) is 16.0 Å². The molecule has 0 unspecified atom stereocenters. The summed E-state index contributed by atoms with van der Waals surface area (Å²) in [5, 5.41) is 0. The first-order valence-corrected chi connectivity index (χ1v) is 6.76. The van der Waals surface area contributed by atoms with Crippen molar-refractivity contribution >= 4 is 21.9 Å². The average Bonchev–Trinajstić information content (AvgIpc) is 2.38. The van der Waals surface area contributed by atoms with E-state index in [-0.39, 0.29) is 6.61 Å². The zero-order valence-corrected chi connectivity index (χ0v) is 12.7. The van der Waals surface area contributed by atoms with E-state index in [0.717, 1.165) is 16.5 Å². The first kappa shape index (κ1) is 15.8. The topological polar surface area (TPSA) is 70.8 Å². The van der Waals surface area contributed by atoms with E-state index in [1.165, 1.54) is 7.11 Å². The normalized spacial score (nSPS) is 10.1. The van der Waals surface area contributed by atoms with E-state index in [9.17, 15) is 4.79 Å². The van der Waals surface area contributed by atoms with Crippen molar-refractivity contribution in [1.29, 1.82) is 0 Å². The molecule has 0 saturated carbocycles. The molecule has 0 aromatic heterocycles. The molecule has 1 rings (SSSR count). The lowest BCUT2D eigenvalue weighted by Gasteiger charge is -2.14. The van der Waals surface area contributed by atoms with Crippen molar-refractivity contribution < 1.29 is 19.0 Å². The maximum Gasteiger partial charge on any atom is 0.343 e. The molecule has 0 aliphatic carbocycles. The maximum atomic E-state index is 11.1. The highest BCUT2D eigenvalue weighted by Gasteiger charge is 2.13. The SMILES string of the molecule is CCOc1cc(CCN)cc(Br)c1OCC(=O)OC. The van der Waals surface area contributed by atoms with Crippen molar-refractivity contribution in [2.75, 3.05) is 26.9 Å². The average molecular weight is 332 g/mol. The molecule has 5 nitrogen and oxygen atoms in total. The van der Waals surface area contributed by atoms with Crippen LogP contribution in [0.25, 0.3) is 0 Å². The molecule has 0 radical (unpaired) electrons. The van der Waals surface area contributed by atoms with Crippen LogP contribution in [0.5, 0.6) is 11.5 Å². The molecule has 2 N–H and O–H groups in total. The van der Waals surface area contributed by atoms with E-state index in [1.807, 2.05) is 19.1 Å². The van der Waals surface area contributed by atoms with Gasteiger partial charge in [-0.15, -0.1) is 0 Å². The Kier molecular flexibility index (Phi) is 6.66. The predicted octanol–water partition coefficient (Wildman–Crippen LogP) is 1.90. The molecule has 0 aliphatic rings. The summed E-state index contributed by atoms with van der Waals surface area (Å²) in [6.45, 7) is 2.78. The smallest absolute Gasteiger partial charge is 0.343 e. The van der Waals surface area contributed by atoms with E-state index < -0.39 is 5.97 Å². The molecule has 0 bridgehead atoms. The van der Waals surface area contributed by atoms with Gasteiger partial charge in [0.2, 0.25) is 0 Å². The first-order chi connectivity index (χ1) is 9.12. The molecule has 1 aromatic rings. The Balaban J connectivity index is 2.96. The van der Waals surface area contributed by atoms with E-state index in [4.69, 9.17) is 15.2 Å². The van der Waals surface area contributed by atoms with Gasteiger partial charge in [-0.2, -0.15) is 0 Å². The zero-order valence-electron chi connectivity index (χ0n) is 11.1. The zero-order chi connectivity index (χ0) is 14.3. The molecule has 0 fully saturated rings. The van der Waals surface area contributed by atoms with Crippen molar-refractivity contribution in [2.24, 2.45) is 5.73 Å². The second-order valence-corrected chi connectivity index (χ2v) is 4.60. The molecule has 1 aromatic carbocycles. The van der Waals surface area contributed by atoms with Crippen LogP contribution in [0.1, 0.15) is 12.5 Å². The number of benzene rings is 1. The number of carbonyl (C=O) groups excluding carboxylic acids is 1. The fourth-order valence-corrected chi connectivity index (χ4v) is 2.13. The van der Waals surface area contributed by atoms with Gasteiger partial charge < -0.3 is 19.9 Å². The summed E-state index contributed by atoms with van der Waals surface area (Å²) < 4.78 is 16.2. The third-order valence-electron chi connectivity index (χ3n) is 2.36. The Morgan fingerprint density at radius 2 is 2.11 bits per heavy atom. The van der Waals surface area contributed by atoms with E-state index in [0.29, 0.717) is 24.7 Å². The molecule has 19 heavy (non-hydrogen) atoms. The minimum atomic E-state index is -0.444. The van der Waals surface area contributed by atoms with Gasteiger partial charge in [0.1, 0.15) is 0 Å². The number of hydrogen-bond acceptors (Lipinski definition) is 5. The summed E-state index contributed by atoms with van der Waals surface area (Å²) in [4.78, 5) is 11.1. The van der Waals surface area contributed by atoms with Crippen molar-refractivity contribution in [2.45, 2.75) is 13.3 Å². The standard InChI is InChI=1S/C13H18BrNO4/c1-3-18-11-7-9(4-5-15)6-10(14)13(11)19-8-12(16)17-2/h6-7H,3-5,8,15H2,1-2H3. The second-order valence-electron chi connectivity index (χ2n) is 3.74. The number of hydrogen-bond donors (Lipinski definition) is 1. The fraction of sp³-hybridized carbons (Fsp3) is 0.462. The number of halogens is 1. The van der Waals surface area contributed by atoms with Crippen LogP contribution in [-0.4, -0.2) is 32.8 Å². The van der Waals surface area contributed by atoms with Crippen LogP contribution < -0.4 is 15.2 Å². The molecular weight excluding hydrogens is 314 g/mol. The minimum Gasteiger partial charge on any atom is -0.490 e. The van der Waals surface area contributed by atoms with Gasteiger partial charge in [0.05, 0.1) is 18.2 Å². The Bertz CT molecular complexity index is 437. The maximum absolute atomic E-state index is 11.1. The molecule has 0 atom stereocenters. The Hall–Kier alpha value is -1.27. The highest BCUT2D eigenvalue weighted by Crippen LogP contribution is 2.37. The van der Waals surface area contributed by atoms with Crippen LogP contribution in [0.4, 0.5) is 0 Å². The lowest BCUT2D eigenvalue weighted by atomic mass is 10.1. The molecular formula is C13H18BrNO4. The van der Waals surface area contributed by atoms with Crippen molar-refractivity contribution in [1.82, 2.24) is 0 Å². The van der Waals surface area contributed by atoms with Gasteiger partial charge in [-0.25, -0.2) is 4.79 Å². The Morgan fingerprint density at radius 3 is 2.68 bits per heavy atom. The highest BCUT2D eigenvalue weighted by molar-refractivity contribution is 9.10. The Morgan fingerprint density at radius 1 is 1.37 bits per heavy atom. The van der Waals surface area contributed by atoms with Crippen LogP contribution in [0.15, 0.2) is 16.6 Å². The van der Waals surface area contributed by atoms with Crippen LogP contribution in [0.2, 0.25) is 0 Å². The van der Waals surface area contributed by atoms with Crippen LogP contribution in [0, 0.1) is 0 Å². The quantitative estimate of drug-likeness (QED) is 0.772. The molecule has 6 heteroatoms. The van der Waals surface area contributed by atoms with Gasteiger partial charge in [0.25, 0.3) is 0 Å². The number of ether oxygens (including phenoxy) is 3. The number of esters is 1. The Labute approximate surface area is 121 Å². The molecule has 0 saturated heterocycles. The number of nitrogens with two attached hydrogens (primary N) is 1. The number of carbonyl (C=O) groups is 1. The summed E-state index contributed by atoms with van der Waals surface area (Å²) >= 11 is 3.41. The highest BCUT2D eigenvalue weighted by atomic mass is 79.9. The predicted molar refractivity (Wildman–Crippen MR) is 75.6 cm³/mol. The lowest BCUT2D eigenvalue weighted by Crippen LogP contribution is -2.13. The third-order valence-corrected chi connectivity index (χ3v) is 2.95. The first-order valence-electron chi connectivity index (χ1n) is 5.97. The summed E-state index contributed by atoms with van der Waals surface area (Å²) in [5.41, 5.74) is 6.59. The molecule has 0 heterocycles. The second kappa shape index (κ2) is 8.01. The van der Waals surface area contributed by atoms with Gasteiger partial charge in [-0.3, -0.25) is 0 Å². The van der Waals surface area contributed by atoms with Crippen molar-refractivity contribution in [3.8, 4) is 11.5 Å². The van der Waals surface area contributed by atoms with Gasteiger partial charge in [-0.1, -0.05) is 0 Å². The molecule has 0 aliphatic heterocycles. The van der Waals surface area contributed by atoms with E-state index in [2.05, 4.69) is 20.7 Å². The molecule has 0 spiro atoms. The van der Waals surface area contributed by atoms with Gasteiger partial charge >= 0.3 is 5.97 Å². The summed E-state index contributed by atoms with van der Waals surface area (Å²) in [7, 11) is 1.31. The molecule has 0 amide bonds. The summed E-state index contributed by atoms with van der Waals surface area (Å²) in [6.07, 6.45) is 0.746. The molecule has 106 valence electrons. The van der Waals surface area contributed by atoms with Crippen molar-refractivity contribution in [3.05, 3.63) is 22.2 Å². The lowest BCUT2D eigenvalue weighted by molar-refractivity contribution is -0.142. The third kappa shape index (κ3) is 4.72. The largest absolute Gasteiger partial charge is 0.490 e. The van der Waals surface area contributed by atoms with Gasteiger partial charge in [-0.05, 0) is 53.5 Å².